The number of nitrogens with one attached hydrogen (secondary N) is 2. The minimum Gasteiger partial charge on any atom is -0.351 e. The van der Waals surface area contributed by atoms with Gasteiger partial charge in [-0.1, -0.05) is 29.8 Å². The number of H-pyrrole nitrogens is 1. The Morgan fingerprint density at radius 2 is 1.88 bits per heavy atom. The number of aryl methyl sites for hydroxylation is 1. The smallest absolute Gasteiger partial charge is 0.272 e. The number of hydrogen-bond acceptors (Lipinski definition) is 2. The number of carbonyl (C=O) groups excluding carboxylic acids is 1. The highest BCUT2D eigenvalue weighted by molar-refractivity contribution is 6.31. The molecule has 0 saturated carbocycles. The molecular weight excluding hydrogens is 348 g/mol. The predicted octanol–water partition coefficient (Wildman–Crippen LogP) is 4.88. The normalized spacial score (nSPS) is 11.0. The van der Waals surface area contributed by atoms with Gasteiger partial charge in [0.15, 0.2) is 0 Å². The minimum absolute atomic E-state index is 0.212. The topological polar surface area (TPSA) is 62.7 Å². The summed E-state index contributed by atoms with van der Waals surface area (Å²) in [6, 6.07) is 17.1. The van der Waals surface area contributed by atoms with Crippen LogP contribution in [0.4, 0.5) is 5.69 Å². The average molecular weight is 365 g/mol. The van der Waals surface area contributed by atoms with Gasteiger partial charge in [0.05, 0.1) is 22.8 Å². The Kier molecular flexibility index (Phi) is 4.01. The Morgan fingerprint density at radius 1 is 1.12 bits per heavy atom. The SMILES string of the molecule is Cc1nn(-c2ccccc2)c(C)c1NC(=O)c1cc2cc(Cl)ccc2[nH]1. The molecule has 4 rings (SSSR count). The number of halogens is 1. The first-order valence-corrected chi connectivity index (χ1v) is 8.62. The van der Waals surface area contributed by atoms with Gasteiger partial charge in [-0.15, -0.1) is 0 Å². The molecule has 0 radical (unpaired) electrons. The monoisotopic (exact) mass is 364 g/mol. The van der Waals surface area contributed by atoms with Crippen LogP contribution in [0.2, 0.25) is 5.02 Å². The summed E-state index contributed by atoms with van der Waals surface area (Å²) in [6.07, 6.45) is 0. The summed E-state index contributed by atoms with van der Waals surface area (Å²) in [4.78, 5) is 15.8. The highest BCUT2D eigenvalue weighted by atomic mass is 35.5. The van der Waals surface area contributed by atoms with Gasteiger partial charge in [-0.3, -0.25) is 4.79 Å². The van der Waals surface area contributed by atoms with Crippen LogP contribution in [0.1, 0.15) is 21.9 Å². The number of rotatable bonds is 3. The number of para-hydroxylation sites is 1. The molecule has 0 bridgehead atoms. The van der Waals surface area contributed by atoms with Crippen molar-refractivity contribution in [1.29, 1.82) is 0 Å². The van der Waals surface area contributed by atoms with Crippen molar-refractivity contribution in [2.45, 2.75) is 13.8 Å². The lowest BCUT2D eigenvalue weighted by atomic mass is 10.2. The molecule has 2 heterocycles. The quantitative estimate of drug-likeness (QED) is 0.544. The molecule has 0 saturated heterocycles. The third-order valence-corrected chi connectivity index (χ3v) is 4.59. The van der Waals surface area contributed by atoms with E-state index in [1.165, 1.54) is 0 Å². The van der Waals surface area contributed by atoms with E-state index in [0.29, 0.717) is 10.7 Å². The van der Waals surface area contributed by atoms with E-state index < -0.39 is 0 Å². The standard InChI is InChI=1S/C20H17ClN4O/c1-12-19(13(2)25(24-12)16-6-4-3-5-7-16)23-20(26)18-11-14-10-15(21)8-9-17(14)22-18/h3-11,22H,1-2H3,(H,23,26). The number of anilines is 1. The molecule has 2 aromatic carbocycles. The molecule has 2 N–H and O–H groups in total. The molecule has 0 atom stereocenters. The van der Waals surface area contributed by atoms with Crippen molar-refractivity contribution >= 4 is 34.1 Å². The predicted molar refractivity (Wildman–Crippen MR) is 104 cm³/mol. The summed E-state index contributed by atoms with van der Waals surface area (Å²) >= 11 is 6.01. The zero-order valence-electron chi connectivity index (χ0n) is 14.4. The third-order valence-electron chi connectivity index (χ3n) is 4.36. The first kappa shape index (κ1) is 16.4. The van der Waals surface area contributed by atoms with Crippen molar-refractivity contribution in [2.75, 3.05) is 5.32 Å². The fraction of sp³-hybridized carbons (Fsp3) is 0.100. The van der Waals surface area contributed by atoms with Crippen LogP contribution in [0.3, 0.4) is 0 Å². The van der Waals surface area contributed by atoms with Gasteiger partial charge in [-0.25, -0.2) is 4.68 Å². The lowest BCUT2D eigenvalue weighted by Crippen LogP contribution is -2.13. The lowest BCUT2D eigenvalue weighted by Gasteiger charge is -2.06. The molecule has 26 heavy (non-hydrogen) atoms. The first-order valence-electron chi connectivity index (χ1n) is 8.24. The lowest BCUT2D eigenvalue weighted by molar-refractivity contribution is 0.102. The van der Waals surface area contributed by atoms with Crippen molar-refractivity contribution < 1.29 is 4.79 Å². The Balaban J connectivity index is 1.66. The van der Waals surface area contributed by atoms with Crippen LogP contribution >= 0.6 is 11.6 Å². The minimum atomic E-state index is -0.212. The Hall–Kier alpha value is -3.05. The molecule has 0 spiro atoms. The summed E-state index contributed by atoms with van der Waals surface area (Å²) in [5.74, 6) is -0.212. The van der Waals surface area contributed by atoms with Crippen LogP contribution in [-0.2, 0) is 0 Å². The maximum Gasteiger partial charge on any atom is 0.272 e. The summed E-state index contributed by atoms with van der Waals surface area (Å²) in [6.45, 7) is 3.82. The molecule has 0 fully saturated rings. The average Bonchev–Trinajstić information content (AvgIpc) is 3.18. The molecule has 6 heteroatoms. The molecule has 5 nitrogen and oxygen atoms in total. The Labute approximate surface area is 155 Å². The summed E-state index contributed by atoms with van der Waals surface area (Å²) in [5.41, 5.74) is 4.66. The van der Waals surface area contributed by atoms with Crippen LogP contribution < -0.4 is 5.32 Å². The molecule has 0 aliphatic rings. The van der Waals surface area contributed by atoms with Crippen LogP contribution in [0, 0.1) is 13.8 Å². The van der Waals surface area contributed by atoms with E-state index in [-0.39, 0.29) is 5.91 Å². The number of benzene rings is 2. The number of fused-ring (bicyclic) bond motifs is 1. The van der Waals surface area contributed by atoms with Crippen molar-refractivity contribution in [3.63, 3.8) is 0 Å². The molecule has 0 aliphatic carbocycles. The second-order valence-corrected chi connectivity index (χ2v) is 6.60. The zero-order chi connectivity index (χ0) is 18.3. The van der Waals surface area contributed by atoms with Crippen molar-refractivity contribution in [3.05, 3.63) is 76.7 Å². The van der Waals surface area contributed by atoms with Crippen molar-refractivity contribution in [3.8, 4) is 5.69 Å². The fourth-order valence-corrected chi connectivity index (χ4v) is 3.23. The second kappa shape index (κ2) is 6.35. The number of hydrogen-bond donors (Lipinski definition) is 2. The maximum absolute atomic E-state index is 12.7. The molecule has 2 aromatic heterocycles. The highest BCUT2D eigenvalue weighted by Crippen LogP contribution is 2.25. The van der Waals surface area contributed by atoms with Gasteiger partial charge in [0.1, 0.15) is 5.69 Å². The highest BCUT2D eigenvalue weighted by Gasteiger charge is 2.17. The molecule has 0 aliphatic heterocycles. The van der Waals surface area contributed by atoms with Crippen LogP contribution in [0.25, 0.3) is 16.6 Å². The Bertz CT molecular complexity index is 1110. The molecular formula is C20H17ClN4O. The Morgan fingerprint density at radius 3 is 2.65 bits per heavy atom. The van der Waals surface area contributed by atoms with Gasteiger partial charge in [-0.2, -0.15) is 5.10 Å². The van der Waals surface area contributed by atoms with Gasteiger partial charge in [-0.05, 0) is 50.2 Å². The van der Waals surface area contributed by atoms with E-state index in [1.54, 1.807) is 12.1 Å². The second-order valence-electron chi connectivity index (χ2n) is 6.16. The first-order chi connectivity index (χ1) is 12.5. The van der Waals surface area contributed by atoms with Crippen LogP contribution in [0.15, 0.2) is 54.6 Å². The van der Waals surface area contributed by atoms with Gasteiger partial charge in [0.2, 0.25) is 0 Å². The maximum atomic E-state index is 12.7. The van der Waals surface area contributed by atoms with E-state index >= 15 is 0 Å². The number of aromatic amines is 1. The van der Waals surface area contributed by atoms with Gasteiger partial charge in [0, 0.05) is 15.9 Å². The molecule has 130 valence electrons. The van der Waals surface area contributed by atoms with Crippen molar-refractivity contribution in [2.24, 2.45) is 0 Å². The zero-order valence-corrected chi connectivity index (χ0v) is 15.1. The van der Waals surface area contributed by atoms with Crippen LogP contribution in [0.5, 0.6) is 0 Å². The van der Waals surface area contributed by atoms with E-state index in [4.69, 9.17) is 11.6 Å². The number of amides is 1. The van der Waals surface area contributed by atoms with Crippen molar-refractivity contribution in [1.82, 2.24) is 14.8 Å². The van der Waals surface area contributed by atoms with E-state index in [0.717, 1.165) is 33.7 Å². The summed E-state index contributed by atoms with van der Waals surface area (Å²) in [5, 5.41) is 9.07. The number of nitrogens with zero attached hydrogens (tertiary/aromatic N) is 2. The largest absolute Gasteiger partial charge is 0.351 e. The van der Waals surface area contributed by atoms with Gasteiger partial charge < -0.3 is 10.3 Å². The van der Waals surface area contributed by atoms with E-state index in [1.807, 2.05) is 61.0 Å². The van der Waals surface area contributed by atoms with Gasteiger partial charge >= 0.3 is 0 Å². The van der Waals surface area contributed by atoms with E-state index in [2.05, 4.69) is 15.4 Å². The number of aromatic nitrogens is 3. The summed E-state index contributed by atoms with van der Waals surface area (Å²) < 4.78 is 1.83. The van der Waals surface area contributed by atoms with Crippen LogP contribution in [-0.4, -0.2) is 20.7 Å². The fourth-order valence-electron chi connectivity index (χ4n) is 3.05. The van der Waals surface area contributed by atoms with E-state index in [9.17, 15) is 4.79 Å². The van der Waals surface area contributed by atoms with Gasteiger partial charge in [0.25, 0.3) is 5.91 Å². The summed E-state index contributed by atoms with van der Waals surface area (Å²) in [7, 11) is 0. The molecule has 1 amide bonds. The number of carbonyl (C=O) groups is 1. The molecule has 4 aromatic rings. The third kappa shape index (κ3) is 2.86. The molecule has 0 unspecified atom stereocenters.